The summed E-state index contributed by atoms with van der Waals surface area (Å²) in [5, 5.41) is 3.35. The van der Waals surface area contributed by atoms with Gasteiger partial charge in [-0.25, -0.2) is 0 Å². The Bertz CT molecular complexity index is 470. The summed E-state index contributed by atoms with van der Waals surface area (Å²) in [5.74, 6) is 0.538. The van der Waals surface area contributed by atoms with Crippen molar-refractivity contribution in [2.24, 2.45) is 5.92 Å². The van der Waals surface area contributed by atoms with Crippen LogP contribution in [0.3, 0.4) is 0 Å². The van der Waals surface area contributed by atoms with Crippen LogP contribution in [0, 0.1) is 12.8 Å². The maximum atomic E-state index is 5.80. The summed E-state index contributed by atoms with van der Waals surface area (Å²) in [6.45, 7) is 9.20. The lowest BCUT2D eigenvalue weighted by molar-refractivity contribution is 0.00744. The van der Waals surface area contributed by atoms with Crippen LogP contribution in [-0.2, 0) is 21.5 Å². The minimum Gasteiger partial charge on any atom is -0.380 e. The standard InChI is InChI=1S/C18H29NO2/c1-13-8-15(7-6-14(13)10-20-5)18(2,3)16-9-17(19-4)12-21-11-16/h6-8,16-17,19H,9-12H2,1-5H3. The molecule has 3 nitrogen and oxygen atoms in total. The maximum absolute atomic E-state index is 5.80. The van der Waals surface area contributed by atoms with Gasteiger partial charge < -0.3 is 14.8 Å². The van der Waals surface area contributed by atoms with E-state index in [9.17, 15) is 0 Å². The van der Waals surface area contributed by atoms with Gasteiger partial charge in [-0.15, -0.1) is 0 Å². The molecule has 0 spiro atoms. The fraction of sp³-hybridized carbons (Fsp3) is 0.667. The smallest absolute Gasteiger partial charge is 0.0715 e. The van der Waals surface area contributed by atoms with Gasteiger partial charge in [0.25, 0.3) is 0 Å². The van der Waals surface area contributed by atoms with E-state index >= 15 is 0 Å². The summed E-state index contributed by atoms with van der Waals surface area (Å²) in [6.07, 6.45) is 1.17. The van der Waals surface area contributed by atoms with Crippen LogP contribution in [0.1, 0.15) is 37.0 Å². The van der Waals surface area contributed by atoms with E-state index in [1.54, 1.807) is 7.11 Å². The largest absolute Gasteiger partial charge is 0.380 e. The van der Waals surface area contributed by atoms with Crippen molar-refractivity contribution in [3.05, 3.63) is 34.9 Å². The molecule has 0 bridgehead atoms. The maximum Gasteiger partial charge on any atom is 0.0715 e. The van der Waals surface area contributed by atoms with Gasteiger partial charge in [0, 0.05) is 13.2 Å². The first-order valence-corrected chi connectivity index (χ1v) is 7.83. The number of aryl methyl sites for hydroxylation is 1. The number of hydrogen-bond acceptors (Lipinski definition) is 3. The fourth-order valence-corrected chi connectivity index (χ4v) is 3.19. The first kappa shape index (κ1) is 16.5. The van der Waals surface area contributed by atoms with E-state index in [1.807, 2.05) is 7.05 Å². The second-order valence-electron chi connectivity index (χ2n) is 6.75. The highest BCUT2D eigenvalue weighted by Crippen LogP contribution is 2.37. The van der Waals surface area contributed by atoms with Gasteiger partial charge in [-0.3, -0.25) is 0 Å². The molecule has 118 valence electrons. The summed E-state index contributed by atoms with van der Waals surface area (Å²) < 4.78 is 11.1. The zero-order chi connectivity index (χ0) is 15.5. The van der Waals surface area contributed by atoms with E-state index in [4.69, 9.17) is 9.47 Å². The van der Waals surface area contributed by atoms with Crippen LogP contribution in [0.4, 0.5) is 0 Å². The van der Waals surface area contributed by atoms with E-state index < -0.39 is 0 Å². The van der Waals surface area contributed by atoms with E-state index in [0.717, 1.165) is 13.2 Å². The fourth-order valence-electron chi connectivity index (χ4n) is 3.19. The second-order valence-corrected chi connectivity index (χ2v) is 6.75. The minimum atomic E-state index is 0.117. The van der Waals surface area contributed by atoms with Gasteiger partial charge in [-0.2, -0.15) is 0 Å². The van der Waals surface area contributed by atoms with Crippen molar-refractivity contribution in [2.45, 2.75) is 45.3 Å². The third-order valence-corrected chi connectivity index (χ3v) is 5.02. The summed E-state index contributed by atoms with van der Waals surface area (Å²) in [5.41, 5.74) is 4.09. The van der Waals surface area contributed by atoms with Crippen LogP contribution >= 0.6 is 0 Å². The number of ether oxygens (including phenoxy) is 2. The highest BCUT2D eigenvalue weighted by atomic mass is 16.5. The van der Waals surface area contributed by atoms with Crippen LogP contribution in [0.5, 0.6) is 0 Å². The Balaban J connectivity index is 2.20. The molecule has 2 unspecified atom stereocenters. The van der Waals surface area contributed by atoms with E-state index in [-0.39, 0.29) is 5.41 Å². The molecule has 1 heterocycles. The second kappa shape index (κ2) is 6.91. The van der Waals surface area contributed by atoms with Crippen LogP contribution < -0.4 is 5.32 Å². The first-order valence-electron chi connectivity index (χ1n) is 7.83. The Morgan fingerprint density at radius 3 is 2.71 bits per heavy atom. The molecule has 0 amide bonds. The SMILES string of the molecule is CNC1COCC(C(C)(C)c2ccc(COC)c(C)c2)C1. The monoisotopic (exact) mass is 291 g/mol. The van der Waals surface area contributed by atoms with Crippen LogP contribution in [0.2, 0.25) is 0 Å². The minimum absolute atomic E-state index is 0.117. The van der Waals surface area contributed by atoms with Crippen molar-refractivity contribution in [3.63, 3.8) is 0 Å². The van der Waals surface area contributed by atoms with Crippen molar-refractivity contribution < 1.29 is 9.47 Å². The summed E-state index contributed by atoms with van der Waals surface area (Å²) >= 11 is 0. The van der Waals surface area contributed by atoms with Gasteiger partial charge in [0.1, 0.15) is 0 Å². The molecule has 1 aliphatic rings. The predicted molar refractivity (Wildman–Crippen MR) is 86.7 cm³/mol. The van der Waals surface area contributed by atoms with Gasteiger partial charge >= 0.3 is 0 Å². The Morgan fingerprint density at radius 2 is 2.10 bits per heavy atom. The molecule has 21 heavy (non-hydrogen) atoms. The summed E-state index contributed by atoms with van der Waals surface area (Å²) in [7, 11) is 3.77. The van der Waals surface area contributed by atoms with Crippen molar-refractivity contribution >= 4 is 0 Å². The quantitative estimate of drug-likeness (QED) is 0.904. The Hall–Kier alpha value is -0.900. The molecule has 1 aliphatic heterocycles. The van der Waals surface area contributed by atoms with Crippen LogP contribution in [-0.4, -0.2) is 33.4 Å². The van der Waals surface area contributed by atoms with Gasteiger partial charge in [0.2, 0.25) is 0 Å². The molecule has 1 aromatic carbocycles. The predicted octanol–water partition coefficient (Wildman–Crippen LogP) is 3.04. The van der Waals surface area contributed by atoms with E-state index in [0.29, 0.717) is 18.6 Å². The highest BCUT2D eigenvalue weighted by molar-refractivity contribution is 5.35. The lowest BCUT2D eigenvalue weighted by atomic mass is 9.70. The molecule has 0 radical (unpaired) electrons. The average Bonchev–Trinajstić information content (AvgIpc) is 2.49. The van der Waals surface area contributed by atoms with Crippen LogP contribution in [0.25, 0.3) is 0 Å². The highest BCUT2D eigenvalue weighted by Gasteiger charge is 2.35. The molecule has 3 heteroatoms. The summed E-state index contributed by atoms with van der Waals surface area (Å²) in [6, 6.07) is 7.24. The third kappa shape index (κ3) is 3.65. The molecule has 1 N–H and O–H groups in total. The molecular weight excluding hydrogens is 262 g/mol. The number of nitrogens with one attached hydrogen (secondary N) is 1. The zero-order valence-electron chi connectivity index (χ0n) is 14.0. The van der Waals surface area contributed by atoms with Crippen molar-refractivity contribution in [3.8, 4) is 0 Å². The molecule has 1 aromatic rings. The zero-order valence-corrected chi connectivity index (χ0v) is 14.0. The molecule has 0 aliphatic carbocycles. The van der Waals surface area contributed by atoms with Crippen LogP contribution in [0.15, 0.2) is 18.2 Å². The Morgan fingerprint density at radius 1 is 1.33 bits per heavy atom. The Kier molecular flexibility index (Phi) is 5.42. The van der Waals surface area contributed by atoms with Gasteiger partial charge in [0.15, 0.2) is 0 Å². The lowest BCUT2D eigenvalue weighted by Gasteiger charge is -2.40. The van der Waals surface area contributed by atoms with Gasteiger partial charge in [0.05, 0.1) is 19.8 Å². The molecular formula is C18H29NO2. The molecule has 1 saturated heterocycles. The summed E-state index contributed by atoms with van der Waals surface area (Å²) in [4.78, 5) is 0. The van der Waals surface area contributed by atoms with E-state index in [1.165, 1.54) is 23.1 Å². The number of rotatable bonds is 5. The van der Waals surface area contributed by atoms with Crippen molar-refractivity contribution in [2.75, 3.05) is 27.4 Å². The molecule has 2 atom stereocenters. The number of methoxy groups -OCH3 is 1. The lowest BCUT2D eigenvalue weighted by Crippen LogP contribution is -2.44. The first-order chi connectivity index (χ1) is 9.98. The molecule has 0 aromatic heterocycles. The van der Waals surface area contributed by atoms with Gasteiger partial charge in [-0.05, 0) is 48.4 Å². The number of hydrogen-bond donors (Lipinski definition) is 1. The third-order valence-electron chi connectivity index (χ3n) is 5.02. The van der Waals surface area contributed by atoms with E-state index in [2.05, 4.69) is 44.3 Å². The number of benzene rings is 1. The van der Waals surface area contributed by atoms with Gasteiger partial charge in [-0.1, -0.05) is 32.0 Å². The molecule has 0 saturated carbocycles. The molecule has 1 fully saturated rings. The Labute approximate surface area is 129 Å². The van der Waals surface area contributed by atoms with Crippen molar-refractivity contribution in [1.82, 2.24) is 5.32 Å². The molecule has 2 rings (SSSR count). The van der Waals surface area contributed by atoms with Crippen molar-refractivity contribution in [1.29, 1.82) is 0 Å². The normalized spacial score (nSPS) is 23.3. The number of likely N-dealkylation sites (N-methyl/N-ethyl adjacent to an activating group) is 1. The topological polar surface area (TPSA) is 30.5 Å². The average molecular weight is 291 g/mol.